The van der Waals surface area contributed by atoms with Gasteiger partial charge in [-0.25, -0.2) is 0 Å². The summed E-state index contributed by atoms with van der Waals surface area (Å²) in [5.41, 5.74) is 0.268. The molecule has 2 rings (SSSR count). The molecule has 1 fully saturated rings. The van der Waals surface area contributed by atoms with E-state index in [9.17, 15) is 0 Å². The van der Waals surface area contributed by atoms with Crippen LogP contribution in [0.15, 0.2) is 22.8 Å². The third kappa shape index (κ3) is 3.64. The molecule has 114 valence electrons. The molecule has 1 aromatic heterocycles. The van der Waals surface area contributed by atoms with E-state index in [4.69, 9.17) is 4.42 Å². The van der Waals surface area contributed by atoms with Crippen molar-refractivity contribution in [1.82, 2.24) is 10.2 Å². The molecule has 1 aliphatic heterocycles. The number of nitrogens with zero attached hydrogens (tertiary/aromatic N) is 1. The summed E-state index contributed by atoms with van der Waals surface area (Å²) in [6, 6.07) is 5.34. The minimum Gasteiger partial charge on any atom is -0.469 e. The highest BCUT2D eigenvalue weighted by molar-refractivity contribution is 5.00. The van der Waals surface area contributed by atoms with Crippen molar-refractivity contribution in [3.8, 4) is 0 Å². The third-order valence-electron chi connectivity index (χ3n) is 4.97. The molecule has 1 saturated heterocycles. The number of hydrogen-bond acceptors (Lipinski definition) is 3. The summed E-state index contributed by atoms with van der Waals surface area (Å²) in [4.78, 5) is 2.71. The molecule has 3 atom stereocenters. The van der Waals surface area contributed by atoms with Crippen molar-refractivity contribution in [3.63, 3.8) is 0 Å². The van der Waals surface area contributed by atoms with Gasteiger partial charge in [0, 0.05) is 37.1 Å². The van der Waals surface area contributed by atoms with E-state index >= 15 is 0 Å². The predicted molar refractivity (Wildman–Crippen MR) is 84.0 cm³/mol. The Bertz CT molecular complexity index is 390. The zero-order valence-corrected chi connectivity index (χ0v) is 13.5. The summed E-state index contributed by atoms with van der Waals surface area (Å²) >= 11 is 0. The van der Waals surface area contributed by atoms with Crippen LogP contribution in [-0.2, 0) is 6.42 Å². The van der Waals surface area contributed by atoms with Crippen LogP contribution >= 0.6 is 0 Å². The van der Waals surface area contributed by atoms with Gasteiger partial charge < -0.3 is 9.73 Å². The number of furan rings is 1. The second-order valence-corrected chi connectivity index (χ2v) is 6.50. The first-order chi connectivity index (χ1) is 9.58. The van der Waals surface area contributed by atoms with Crippen LogP contribution in [0.2, 0.25) is 0 Å². The van der Waals surface area contributed by atoms with Gasteiger partial charge in [0.05, 0.1) is 6.26 Å². The predicted octanol–water partition coefficient (Wildman–Crippen LogP) is 3.45. The quantitative estimate of drug-likeness (QED) is 0.864. The highest BCUT2D eigenvalue weighted by Gasteiger charge is 2.35. The number of aryl methyl sites for hydroxylation is 1. The molecular weight excluding hydrogens is 248 g/mol. The van der Waals surface area contributed by atoms with Gasteiger partial charge in [-0.05, 0) is 45.2 Å². The molecule has 1 aromatic rings. The van der Waals surface area contributed by atoms with Crippen molar-refractivity contribution in [3.05, 3.63) is 24.2 Å². The maximum absolute atomic E-state index is 5.46. The average molecular weight is 278 g/mol. The summed E-state index contributed by atoms with van der Waals surface area (Å²) in [5.74, 6) is 1.11. The molecule has 2 heterocycles. The van der Waals surface area contributed by atoms with Gasteiger partial charge in [0.25, 0.3) is 0 Å². The number of rotatable bonds is 6. The lowest BCUT2D eigenvalue weighted by Gasteiger charge is -2.48. The maximum Gasteiger partial charge on any atom is 0.103 e. The molecule has 1 N–H and O–H groups in total. The number of piperazine rings is 1. The molecule has 1 aliphatic rings. The standard InChI is InChI=1S/C17H30N2O/c1-5-15-12-18-17(4,6-2)13-19(15)14(3)9-10-16-8-7-11-20-16/h7-8,11,14-15,18H,5-6,9-10,12-13H2,1-4H3. The van der Waals surface area contributed by atoms with E-state index in [0.717, 1.165) is 25.3 Å². The van der Waals surface area contributed by atoms with Crippen LogP contribution < -0.4 is 5.32 Å². The summed E-state index contributed by atoms with van der Waals surface area (Å²) in [5, 5.41) is 3.74. The molecule has 3 heteroatoms. The molecule has 0 aromatic carbocycles. The van der Waals surface area contributed by atoms with Crippen LogP contribution in [0.1, 0.15) is 52.7 Å². The Labute approximate surface area is 123 Å². The van der Waals surface area contributed by atoms with Gasteiger partial charge in [-0.3, -0.25) is 4.90 Å². The zero-order valence-electron chi connectivity index (χ0n) is 13.5. The zero-order chi connectivity index (χ0) is 14.6. The van der Waals surface area contributed by atoms with Crippen LogP contribution in [-0.4, -0.2) is 35.6 Å². The molecule has 0 spiro atoms. The summed E-state index contributed by atoms with van der Waals surface area (Å²) in [7, 11) is 0. The van der Waals surface area contributed by atoms with E-state index in [-0.39, 0.29) is 5.54 Å². The Morgan fingerprint density at radius 2 is 2.30 bits per heavy atom. The number of nitrogens with one attached hydrogen (secondary N) is 1. The second-order valence-electron chi connectivity index (χ2n) is 6.50. The van der Waals surface area contributed by atoms with Gasteiger partial charge in [0.2, 0.25) is 0 Å². The lowest BCUT2D eigenvalue weighted by molar-refractivity contribution is 0.0465. The first kappa shape index (κ1) is 15.6. The van der Waals surface area contributed by atoms with Crippen molar-refractivity contribution < 1.29 is 4.42 Å². The molecule has 0 aliphatic carbocycles. The Morgan fingerprint density at radius 1 is 1.50 bits per heavy atom. The van der Waals surface area contributed by atoms with E-state index in [2.05, 4.69) is 44.0 Å². The monoisotopic (exact) mass is 278 g/mol. The largest absolute Gasteiger partial charge is 0.469 e. The summed E-state index contributed by atoms with van der Waals surface area (Å²) < 4.78 is 5.46. The normalized spacial score (nSPS) is 29.5. The van der Waals surface area contributed by atoms with Gasteiger partial charge in [-0.15, -0.1) is 0 Å². The van der Waals surface area contributed by atoms with Crippen molar-refractivity contribution in [1.29, 1.82) is 0 Å². The Hall–Kier alpha value is -0.800. The van der Waals surface area contributed by atoms with Crippen molar-refractivity contribution >= 4 is 0 Å². The lowest BCUT2D eigenvalue weighted by atomic mass is 9.91. The molecule has 0 bridgehead atoms. The fourth-order valence-corrected chi connectivity index (χ4v) is 3.17. The van der Waals surface area contributed by atoms with E-state index in [1.165, 1.54) is 19.3 Å². The Kier molecular flexibility index (Phi) is 5.28. The van der Waals surface area contributed by atoms with Crippen molar-refractivity contribution in [2.24, 2.45) is 0 Å². The van der Waals surface area contributed by atoms with Crippen LogP contribution in [0.4, 0.5) is 0 Å². The topological polar surface area (TPSA) is 28.4 Å². The summed E-state index contributed by atoms with van der Waals surface area (Å²) in [6.45, 7) is 11.6. The van der Waals surface area contributed by atoms with E-state index < -0.39 is 0 Å². The molecule has 0 radical (unpaired) electrons. The van der Waals surface area contributed by atoms with Crippen LogP contribution in [0.25, 0.3) is 0 Å². The molecule has 0 saturated carbocycles. The van der Waals surface area contributed by atoms with Gasteiger partial charge in [-0.1, -0.05) is 13.8 Å². The van der Waals surface area contributed by atoms with Gasteiger partial charge >= 0.3 is 0 Å². The third-order valence-corrected chi connectivity index (χ3v) is 4.97. The molecular formula is C17H30N2O. The van der Waals surface area contributed by atoms with E-state index in [0.29, 0.717) is 12.1 Å². The van der Waals surface area contributed by atoms with Gasteiger partial charge in [0.15, 0.2) is 0 Å². The van der Waals surface area contributed by atoms with E-state index in [1.54, 1.807) is 6.26 Å². The van der Waals surface area contributed by atoms with Crippen LogP contribution in [0, 0.1) is 0 Å². The second kappa shape index (κ2) is 6.77. The fraction of sp³-hybridized carbons (Fsp3) is 0.765. The summed E-state index contributed by atoms with van der Waals surface area (Å²) in [6.07, 6.45) is 6.39. The average Bonchev–Trinajstić information content (AvgIpc) is 2.98. The van der Waals surface area contributed by atoms with Gasteiger partial charge in [-0.2, -0.15) is 0 Å². The maximum atomic E-state index is 5.46. The fourth-order valence-electron chi connectivity index (χ4n) is 3.17. The SMILES string of the molecule is CCC1CNC(C)(CC)CN1C(C)CCc1ccco1. The van der Waals surface area contributed by atoms with Crippen LogP contribution in [0.5, 0.6) is 0 Å². The highest BCUT2D eigenvalue weighted by atomic mass is 16.3. The highest BCUT2D eigenvalue weighted by Crippen LogP contribution is 2.24. The minimum absolute atomic E-state index is 0.268. The molecule has 0 amide bonds. The lowest BCUT2D eigenvalue weighted by Crippen LogP contribution is -2.64. The first-order valence-electron chi connectivity index (χ1n) is 8.11. The van der Waals surface area contributed by atoms with Crippen molar-refractivity contribution in [2.75, 3.05) is 13.1 Å². The minimum atomic E-state index is 0.268. The molecule has 3 nitrogen and oxygen atoms in total. The molecule has 3 unspecified atom stereocenters. The first-order valence-corrected chi connectivity index (χ1v) is 8.11. The smallest absolute Gasteiger partial charge is 0.103 e. The van der Waals surface area contributed by atoms with Crippen LogP contribution in [0.3, 0.4) is 0 Å². The Balaban J connectivity index is 1.95. The number of hydrogen-bond donors (Lipinski definition) is 1. The molecule has 20 heavy (non-hydrogen) atoms. The van der Waals surface area contributed by atoms with Crippen molar-refractivity contribution in [2.45, 2.75) is 71.0 Å². The van der Waals surface area contributed by atoms with Gasteiger partial charge in [0.1, 0.15) is 5.76 Å². The Morgan fingerprint density at radius 3 is 2.90 bits per heavy atom. The van der Waals surface area contributed by atoms with E-state index in [1.807, 2.05) is 6.07 Å².